The maximum absolute atomic E-state index is 13.6. The second-order valence-corrected chi connectivity index (χ2v) is 10.3. The molecule has 1 aromatic carbocycles. The van der Waals surface area contributed by atoms with E-state index in [9.17, 15) is 35.8 Å². The lowest BCUT2D eigenvalue weighted by molar-refractivity contribution is -0.138. The topological polar surface area (TPSA) is 112 Å². The van der Waals surface area contributed by atoms with Gasteiger partial charge in [-0.15, -0.1) is 4.36 Å². The number of pyridine rings is 1. The standard InChI is InChI=1S/C21H21F5N4O4S/c1-12-15(21(24,25)26)11-27-17(30-8-6-20(22,23)7-9-30)16(12)18(31)28-13-4-3-5-14(10-13)35(2,34)29-19(32)33/h3-5,10-11H,6-9H2,1-2H3,(H,28,31)(H,32,33). The number of carboxylic acid groups (broad SMARTS) is 1. The number of nitrogens with one attached hydrogen (secondary N) is 1. The molecule has 0 saturated carbocycles. The molecule has 2 N–H and O–H groups in total. The molecule has 2 aromatic rings. The number of piperidine rings is 1. The largest absolute Gasteiger partial charge is 0.463 e. The lowest BCUT2D eigenvalue weighted by Gasteiger charge is -2.34. The molecule has 2 amide bonds. The Labute approximate surface area is 197 Å². The number of halogens is 5. The van der Waals surface area contributed by atoms with Crippen LogP contribution in [0.15, 0.2) is 39.7 Å². The van der Waals surface area contributed by atoms with E-state index < -0.39 is 63.4 Å². The van der Waals surface area contributed by atoms with Gasteiger partial charge >= 0.3 is 12.3 Å². The van der Waals surface area contributed by atoms with Crippen molar-refractivity contribution in [1.29, 1.82) is 0 Å². The molecule has 35 heavy (non-hydrogen) atoms. The van der Waals surface area contributed by atoms with Gasteiger partial charge in [0.05, 0.1) is 20.9 Å². The van der Waals surface area contributed by atoms with Gasteiger partial charge < -0.3 is 15.3 Å². The van der Waals surface area contributed by atoms with Crippen molar-refractivity contribution in [2.24, 2.45) is 4.36 Å². The van der Waals surface area contributed by atoms with E-state index in [4.69, 9.17) is 5.11 Å². The quantitative estimate of drug-likeness (QED) is 0.547. The maximum Gasteiger partial charge on any atom is 0.439 e. The molecule has 14 heteroatoms. The van der Waals surface area contributed by atoms with Crippen LogP contribution in [0.4, 0.5) is 38.3 Å². The molecular formula is C21H21F5N4O4S. The first-order valence-corrected chi connectivity index (χ1v) is 12.1. The third-order valence-corrected chi connectivity index (χ3v) is 7.06. The first-order valence-electron chi connectivity index (χ1n) is 10.2. The van der Waals surface area contributed by atoms with Gasteiger partial charge in [0.15, 0.2) is 0 Å². The van der Waals surface area contributed by atoms with Crippen molar-refractivity contribution in [1.82, 2.24) is 4.98 Å². The van der Waals surface area contributed by atoms with E-state index in [1.165, 1.54) is 29.2 Å². The van der Waals surface area contributed by atoms with Gasteiger partial charge in [0, 0.05) is 49.0 Å². The van der Waals surface area contributed by atoms with Crippen LogP contribution in [0.3, 0.4) is 0 Å². The van der Waals surface area contributed by atoms with Crippen LogP contribution in [0.2, 0.25) is 0 Å². The molecule has 3 rings (SSSR count). The predicted molar refractivity (Wildman–Crippen MR) is 118 cm³/mol. The van der Waals surface area contributed by atoms with Crippen molar-refractivity contribution < 1.29 is 40.9 Å². The van der Waals surface area contributed by atoms with Crippen LogP contribution in [0.25, 0.3) is 0 Å². The molecule has 190 valence electrons. The summed E-state index contributed by atoms with van der Waals surface area (Å²) >= 11 is 0. The number of anilines is 2. The van der Waals surface area contributed by atoms with Gasteiger partial charge in [-0.3, -0.25) is 4.79 Å². The van der Waals surface area contributed by atoms with Crippen molar-refractivity contribution in [3.63, 3.8) is 0 Å². The number of hydrogen-bond acceptors (Lipinski definition) is 5. The third kappa shape index (κ3) is 6.05. The Bertz CT molecular complexity index is 1280. The Morgan fingerprint density at radius 1 is 1.23 bits per heavy atom. The summed E-state index contributed by atoms with van der Waals surface area (Å²) in [7, 11) is -3.37. The monoisotopic (exact) mass is 520 g/mol. The first-order chi connectivity index (χ1) is 16.1. The SMILES string of the molecule is Cc1c(C(F)(F)F)cnc(N2CCC(F)(F)CC2)c1C(=O)Nc1cccc(S(C)(=O)=NC(=O)O)c1. The fraction of sp³-hybridized carbons (Fsp3) is 0.381. The minimum atomic E-state index is -4.81. The second kappa shape index (κ2) is 9.40. The smallest absolute Gasteiger partial charge is 0.439 e. The van der Waals surface area contributed by atoms with E-state index in [1.54, 1.807) is 0 Å². The highest BCUT2D eigenvalue weighted by Crippen LogP contribution is 2.37. The summed E-state index contributed by atoms with van der Waals surface area (Å²) in [6, 6.07) is 5.22. The normalized spacial score (nSPS) is 17.4. The Morgan fingerprint density at radius 3 is 2.43 bits per heavy atom. The van der Waals surface area contributed by atoms with E-state index in [0.717, 1.165) is 13.2 Å². The zero-order valence-electron chi connectivity index (χ0n) is 18.5. The van der Waals surface area contributed by atoms with Gasteiger partial charge in [0.1, 0.15) is 5.82 Å². The van der Waals surface area contributed by atoms with Gasteiger partial charge in [-0.25, -0.2) is 22.8 Å². The fourth-order valence-corrected chi connectivity index (χ4v) is 4.72. The molecule has 1 atom stereocenters. The number of hydrogen-bond donors (Lipinski definition) is 2. The molecule has 0 spiro atoms. The highest BCUT2D eigenvalue weighted by Gasteiger charge is 2.39. The molecule has 1 saturated heterocycles. The molecule has 1 unspecified atom stereocenters. The van der Waals surface area contributed by atoms with Gasteiger partial charge in [0.2, 0.25) is 0 Å². The number of benzene rings is 1. The van der Waals surface area contributed by atoms with E-state index in [1.807, 2.05) is 0 Å². The summed E-state index contributed by atoms with van der Waals surface area (Å²) in [6.07, 6.45) is -5.92. The molecule has 1 aliphatic rings. The van der Waals surface area contributed by atoms with Crippen LogP contribution in [-0.2, 0) is 15.9 Å². The molecule has 8 nitrogen and oxygen atoms in total. The average Bonchev–Trinajstić information content (AvgIpc) is 2.72. The van der Waals surface area contributed by atoms with E-state index >= 15 is 0 Å². The Kier molecular flexibility index (Phi) is 7.07. The summed E-state index contributed by atoms with van der Waals surface area (Å²) in [6.45, 7) is 0.660. The minimum absolute atomic E-state index is 0.00982. The zero-order valence-corrected chi connectivity index (χ0v) is 19.3. The summed E-state index contributed by atoms with van der Waals surface area (Å²) in [5.41, 5.74) is -2.02. The van der Waals surface area contributed by atoms with Crippen molar-refractivity contribution in [2.45, 2.75) is 36.8 Å². The van der Waals surface area contributed by atoms with Crippen LogP contribution in [0, 0.1) is 6.92 Å². The lowest BCUT2D eigenvalue weighted by Crippen LogP contribution is -2.41. The third-order valence-electron chi connectivity index (χ3n) is 5.43. The van der Waals surface area contributed by atoms with Crippen molar-refractivity contribution in [3.05, 3.63) is 47.2 Å². The van der Waals surface area contributed by atoms with Crippen LogP contribution >= 0.6 is 0 Å². The van der Waals surface area contributed by atoms with Crippen molar-refractivity contribution in [3.8, 4) is 0 Å². The molecule has 1 fully saturated rings. The molecular weight excluding hydrogens is 499 g/mol. The average molecular weight is 520 g/mol. The lowest BCUT2D eigenvalue weighted by atomic mass is 10.0. The Hall–Kier alpha value is -3.29. The summed E-state index contributed by atoms with van der Waals surface area (Å²) < 4.78 is 83.4. The maximum atomic E-state index is 13.6. The molecule has 1 aromatic heterocycles. The summed E-state index contributed by atoms with van der Waals surface area (Å²) in [5.74, 6) is -4.09. The highest BCUT2D eigenvalue weighted by atomic mass is 32.2. The number of alkyl halides is 5. The number of rotatable bonds is 4. The number of nitrogens with zero attached hydrogens (tertiary/aromatic N) is 3. The molecule has 0 aliphatic carbocycles. The molecule has 1 aliphatic heterocycles. The molecule has 0 bridgehead atoms. The van der Waals surface area contributed by atoms with Gasteiger partial charge in [0.25, 0.3) is 11.8 Å². The summed E-state index contributed by atoms with van der Waals surface area (Å²) in [4.78, 5) is 29.1. The second-order valence-electron chi connectivity index (χ2n) is 7.99. The number of amides is 2. The van der Waals surface area contributed by atoms with Crippen LogP contribution in [0.1, 0.15) is 34.3 Å². The molecule has 0 radical (unpaired) electrons. The van der Waals surface area contributed by atoms with Crippen molar-refractivity contribution in [2.75, 3.05) is 29.6 Å². The van der Waals surface area contributed by atoms with E-state index in [2.05, 4.69) is 14.7 Å². The van der Waals surface area contributed by atoms with Crippen LogP contribution in [-0.4, -0.2) is 51.6 Å². The molecule has 2 heterocycles. The van der Waals surface area contributed by atoms with Crippen molar-refractivity contribution >= 4 is 33.2 Å². The Balaban J connectivity index is 2.03. The summed E-state index contributed by atoms with van der Waals surface area (Å²) in [5, 5.41) is 11.2. The Morgan fingerprint density at radius 2 is 1.86 bits per heavy atom. The zero-order chi connectivity index (χ0) is 26.2. The highest BCUT2D eigenvalue weighted by molar-refractivity contribution is 7.93. The fourth-order valence-electron chi connectivity index (χ4n) is 3.64. The number of carbonyl (C=O) groups excluding carboxylic acids is 1. The van der Waals surface area contributed by atoms with Gasteiger partial charge in [-0.05, 0) is 30.7 Å². The van der Waals surface area contributed by atoms with Crippen LogP contribution in [0.5, 0.6) is 0 Å². The van der Waals surface area contributed by atoms with E-state index in [0.29, 0.717) is 6.20 Å². The van der Waals surface area contributed by atoms with Crippen LogP contribution < -0.4 is 10.2 Å². The number of carbonyl (C=O) groups is 2. The van der Waals surface area contributed by atoms with Gasteiger partial charge in [-0.2, -0.15) is 13.2 Å². The number of aromatic nitrogens is 1. The first kappa shape index (κ1) is 26.3. The van der Waals surface area contributed by atoms with E-state index in [-0.39, 0.29) is 29.5 Å². The predicted octanol–water partition coefficient (Wildman–Crippen LogP) is 5.03. The minimum Gasteiger partial charge on any atom is -0.463 e. The van der Waals surface area contributed by atoms with Gasteiger partial charge in [-0.1, -0.05) is 6.07 Å².